The largest absolute Gasteiger partial charge is 0.480 e. The van der Waals surface area contributed by atoms with Crippen molar-refractivity contribution in [3.8, 4) is 0 Å². The van der Waals surface area contributed by atoms with Crippen LogP contribution in [0.3, 0.4) is 0 Å². The van der Waals surface area contributed by atoms with Crippen LogP contribution in [0.5, 0.6) is 0 Å². The summed E-state index contributed by atoms with van der Waals surface area (Å²) in [6, 6.07) is 16.9. The summed E-state index contributed by atoms with van der Waals surface area (Å²) in [5.41, 5.74) is 1.45. The standard InChI is InChI=1S/C20H23N3O5/c1-22(16-10-6-3-7-11-16)23(14-19(25)26)18(24)13-21-17(20(27)28)12-15-8-4-2-5-9-15/h2-11,17,21H,12-14H2,1H3,(H,25,26)(H,27,28)/t17-/m0/s1. The Hall–Kier alpha value is -3.39. The van der Waals surface area contributed by atoms with Crippen molar-refractivity contribution in [2.45, 2.75) is 12.5 Å². The fourth-order valence-corrected chi connectivity index (χ4v) is 2.67. The van der Waals surface area contributed by atoms with Gasteiger partial charge in [-0.3, -0.25) is 24.7 Å². The topological polar surface area (TPSA) is 110 Å². The lowest BCUT2D eigenvalue weighted by Crippen LogP contribution is -2.52. The van der Waals surface area contributed by atoms with Gasteiger partial charge in [0.25, 0.3) is 5.91 Å². The molecule has 8 heteroatoms. The molecule has 0 spiro atoms. The number of aliphatic carboxylic acids is 2. The maximum atomic E-state index is 12.6. The molecule has 1 amide bonds. The zero-order valence-corrected chi connectivity index (χ0v) is 15.5. The normalized spacial score (nSPS) is 11.5. The third kappa shape index (κ3) is 6.10. The first-order valence-corrected chi connectivity index (χ1v) is 8.69. The fourth-order valence-electron chi connectivity index (χ4n) is 2.67. The SMILES string of the molecule is CN(c1ccccc1)N(CC(=O)O)C(=O)CN[C@@H](Cc1ccccc1)C(=O)O. The monoisotopic (exact) mass is 385 g/mol. The first-order valence-electron chi connectivity index (χ1n) is 8.69. The highest BCUT2D eigenvalue weighted by Gasteiger charge is 2.24. The van der Waals surface area contributed by atoms with Gasteiger partial charge in [-0.05, 0) is 24.1 Å². The maximum absolute atomic E-state index is 12.6. The average Bonchev–Trinajstić information content (AvgIpc) is 2.69. The van der Waals surface area contributed by atoms with E-state index in [9.17, 15) is 19.5 Å². The number of hydrazine groups is 1. The highest BCUT2D eigenvalue weighted by Crippen LogP contribution is 2.14. The molecule has 0 aliphatic carbocycles. The molecule has 0 saturated carbocycles. The van der Waals surface area contributed by atoms with Gasteiger partial charge in [-0.2, -0.15) is 0 Å². The zero-order valence-electron chi connectivity index (χ0n) is 15.5. The lowest BCUT2D eigenvalue weighted by Gasteiger charge is -2.32. The third-order valence-corrected chi connectivity index (χ3v) is 4.15. The number of para-hydroxylation sites is 1. The Morgan fingerprint density at radius 3 is 2.07 bits per heavy atom. The number of carboxylic acid groups (broad SMARTS) is 2. The number of anilines is 1. The number of rotatable bonds is 10. The second-order valence-corrected chi connectivity index (χ2v) is 6.17. The zero-order chi connectivity index (χ0) is 20.5. The van der Waals surface area contributed by atoms with Crippen molar-refractivity contribution < 1.29 is 24.6 Å². The van der Waals surface area contributed by atoms with E-state index in [0.29, 0.717) is 5.69 Å². The van der Waals surface area contributed by atoms with Gasteiger partial charge in [0.1, 0.15) is 12.6 Å². The van der Waals surface area contributed by atoms with Gasteiger partial charge in [-0.1, -0.05) is 48.5 Å². The summed E-state index contributed by atoms with van der Waals surface area (Å²) in [6.45, 7) is -0.851. The molecule has 148 valence electrons. The number of carboxylic acids is 2. The molecule has 28 heavy (non-hydrogen) atoms. The number of amides is 1. The summed E-state index contributed by atoms with van der Waals surface area (Å²) in [6.07, 6.45) is 0.205. The van der Waals surface area contributed by atoms with E-state index in [4.69, 9.17) is 5.11 Å². The van der Waals surface area contributed by atoms with Crippen LogP contribution in [0, 0.1) is 0 Å². The molecule has 2 rings (SSSR count). The maximum Gasteiger partial charge on any atom is 0.325 e. The number of nitrogens with zero attached hydrogens (tertiary/aromatic N) is 2. The summed E-state index contributed by atoms with van der Waals surface area (Å²) < 4.78 is 0. The molecule has 0 unspecified atom stereocenters. The van der Waals surface area contributed by atoms with E-state index in [0.717, 1.165) is 10.6 Å². The van der Waals surface area contributed by atoms with Crippen LogP contribution in [0.1, 0.15) is 5.56 Å². The van der Waals surface area contributed by atoms with Gasteiger partial charge in [0, 0.05) is 7.05 Å². The predicted octanol–water partition coefficient (Wildman–Crippen LogP) is 1.24. The molecule has 0 aliphatic heterocycles. The first kappa shape index (κ1) is 20.9. The third-order valence-electron chi connectivity index (χ3n) is 4.15. The molecule has 0 fully saturated rings. The summed E-state index contributed by atoms with van der Waals surface area (Å²) >= 11 is 0. The first-order chi connectivity index (χ1) is 13.4. The van der Waals surface area contributed by atoms with Crippen molar-refractivity contribution in [3.05, 3.63) is 66.2 Å². The summed E-state index contributed by atoms with van der Waals surface area (Å²) in [5.74, 6) is -2.80. The molecule has 0 heterocycles. The molecule has 0 bridgehead atoms. The Morgan fingerprint density at radius 1 is 0.964 bits per heavy atom. The number of benzene rings is 2. The molecule has 3 N–H and O–H groups in total. The van der Waals surface area contributed by atoms with E-state index in [1.165, 1.54) is 5.01 Å². The van der Waals surface area contributed by atoms with E-state index in [-0.39, 0.29) is 13.0 Å². The average molecular weight is 385 g/mol. The van der Waals surface area contributed by atoms with E-state index in [1.807, 2.05) is 24.3 Å². The van der Waals surface area contributed by atoms with Gasteiger partial charge < -0.3 is 10.2 Å². The van der Waals surface area contributed by atoms with Gasteiger partial charge in [0.05, 0.1) is 12.2 Å². The van der Waals surface area contributed by atoms with Crippen LogP contribution in [0.15, 0.2) is 60.7 Å². The van der Waals surface area contributed by atoms with Crippen LogP contribution >= 0.6 is 0 Å². The number of hydrogen-bond donors (Lipinski definition) is 3. The van der Waals surface area contributed by atoms with Gasteiger partial charge in [-0.25, -0.2) is 5.01 Å². The van der Waals surface area contributed by atoms with E-state index in [2.05, 4.69) is 5.32 Å². The predicted molar refractivity (Wildman–Crippen MR) is 104 cm³/mol. The Bertz CT molecular complexity index is 798. The van der Waals surface area contributed by atoms with Crippen molar-refractivity contribution >= 4 is 23.5 Å². The van der Waals surface area contributed by atoms with Crippen LogP contribution in [-0.2, 0) is 20.8 Å². The highest BCUT2D eigenvalue weighted by molar-refractivity contribution is 5.85. The molecule has 2 aromatic rings. The Kier molecular flexibility index (Phi) is 7.53. The summed E-state index contributed by atoms with van der Waals surface area (Å²) in [5, 5.41) is 23.8. The summed E-state index contributed by atoms with van der Waals surface area (Å²) in [7, 11) is 1.58. The fraction of sp³-hybridized carbons (Fsp3) is 0.250. The van der Waals surface area contributed by atoms with Gasteiger partial charge in [0.2, 0.25) is 0 Å². The van der Waals surface area contributed by atoms with Gasteiger partial charge >= 0.3 is 11.9 Å². The minimum absolute atomic E-state index is 0.205. The van der Waals surface area contributed by atoms with Crippen LogP contribution in [0.25, 0.3) is 0 Å². The quantitative estimate of drug-likeness (QED) is 0.528. The van der Waals surface area contributed by atoms with Gasteiger partial charge in [-0.15, -0.1) is 0 Å². The van der Waals surface area contributed by atoms with Crippen molar-refractivity contribution in [2.75, 3.05) is 25.1 Å². The van der Waals surface area contributed by atoms with Crippen LogP contribution < -0.4 is 10.3 Å². The van der Waals surface area contributed by atoms with Crippen LogP contribution in [0.2, 0.25) is 0 Å². The van der Waals surface area contributed by atoms with Crippen molar-refractivity contribution in [2.24, 2.45) is 0 Å². The molecular formula is C20H23N3O5. The van der Waals surface area contributed by atoms with E-state index < -0.39 is 30.4 Å². The van der Waals surface area contributed by atoms with Crippen molar-refractivity contribution in [3.63, 3.8) is 0 Å². The number of hydrogen-bond acceptors (Lipinski definition) is 5. The second kappa shape index (κ2) is 10.1. The Morgan fingerprint density at radius 2 is 1.54 bits per heavy atom. The number of nitrogens with one attached hydrogen (secondary N) is 1. The molecule has 0 radical (unpaired) electrons. The Balaban J connectivity index is 2.06. The smallest absolute Gasteiger partial charge is 0.325 e. The molecule has 0 saturated heterocycles. The lowest BCUT2D eigenvalue weighted by molar-refractivity contribution is -0.145. The van der Waals surface area contributed by atoms with Gasteiger partial charge in [0.15, 0.2) is 0 Å². The van der Waals surface area contributed by atoms with Crippen molar-refractivity contribution in [1.82, 2.24) is 10.3 Å². The van der Waals surface area contributed by atoms with Crippen LogP contribution in [-0.4, -0.2) is 59.2 Å². The van der Waals surface area contributed by atoms with E-state index >= 15 is 0 Å². The van der Waals surface area contributed by atoms with E-state index in [1.54, 1.807) is 43.4 Å². The second-order valence-electron chi connectivity index (χ2n) is 6.17. The molecule has 0 aromatic heterocycles. The minimum Gasteiger partial charge on any atom is -0.480 e. The number of carbonyl (C=O) groups excluding carboxylic acids is 1. The molecule has 1 atom stereocenters. The highest BCUT2D eigenvalue weighted by atomic mass is 16.4. The molecular weight excluding hydrogens is 362 g/mol. The Labute approximate surface area is 163 Å². The summed E-state index contributed by atoms with van der Waals surface area (Å²) in [4.78, 5) is 35.4. The van der Waals surface area contributed by atoms with Crippen molar-refractivity contribution in [1.29, 1.82) is 0 Å². The minimum atomic E-state index is -1.17. The van der Waals surface area contributed by atoms with Crippen LogP contribution in [0.4, 0.5) is 5.69 Å². The molecule has 0 aliphatic rings. The molecule has 2 aromatic carbocycles. The number of carbonyl (C=O) groups is 3. The molecule has 8 nitrogen and oxygen atoms in total. The lowest BCUT2D eigenvalue weighted by atomic mass is 10.1.